The van der Waals surface area contributed by atoms with Crippen molar-refractivity contribution in [2.75, 3.05) is 44.3 Å². The second-order valence-corrected chi connectivity index (χ2v) is 13.3. The Morgan fingerprint density at radius 3 is 2.49 bits per heavy atom. The van der Waals surface area contributed by atoms with Crippen molar-refractivity contribution >= 4 is 38.9 Å². The Morgan fingerprint density at radius 1 is 1.10 bits per heavy atom. The first kappa shape index (κ1) is 28.2. The number of sulfonamides is 1. The van der Waals surface area contributed by atoms with Gasteiger partial charge >= 0.3 is 0 Å². The van der Waals surface area contributed by atoms with Crippen LogP contribution < -0.4 is 9.64 Å². The van der Waals surface area contributed by atoms with Gasteiger partial charge in [-0.3, -0.25) is 0 Å². The molecule has 210 valence electrons. The summed E-state index contributed by atoms with van der Waals surface area (Å²) < 4.78 is 47.1. The van der Waals surface area contributed by atoms with E-state index in [9.17, 15) is 8.42 Å². The normalized spacial score (nSPS) is 22.5. The number of aromatic nitrogens is 2. The average Bonchev–Trinajstić information content (AvgIpc) is 3.58. The molecule has 0 bridgehead atoms. The number of rotatable bonds is 9. The average molecular weight is 596 g/mol. The standard InChI is InChI=1S/C27H32Cl2N4O5S/c1-20(2)39(34,35)33-13-11-32(12-14-33)22-4-6-23(7-5-22)36-16-24-17-37-27(38-24,18-31-10-9-30-19-31)25-8-3-21(28)15-26(25)29/h3-10,15,19-20,24H,11-14,16-18H2,1-2H3/t24-,27+/m1/s1. The van der Waals surface area contributed by atoms with Gasteiger partial charge in [0.2, 0.25) is 15.8 Å². The van der Waals surface area contributed by atoms with Crippen LogP contribution in [0.3, 0.4) is 0 Å². The predicted molar refractivity (Wildman–Crippen MR) is 151 cm³/mol. The summed E-state index contributed by atoms with van der Waals surface area (Å²) in [5.41, 5.74) is 1.72. The van der Waals surface area contributed by atoms with Crippen LogP contribution in [0, 0.1) is 0 Å². The van der Waals surface area contributed by atoms with Crippen LogP contribution in [-0.4, -0.2) is 73.0 Å². The van der Waals surface area contributed by atoms with Crippen molar-refractivity contribution in [1.82, 2.24) is 13.9 Å². The summed E-state index contributed by atoms with van der Waals surface area (Å²) in [6, 6.07) is 13.1. The van der Waals surface area contributed by atoms with Crippen LogP contribution in [0.1, 0.15) is 19.4 Å². The highest BCUT2D eigenvalue weighted by molar-refractivity contribution is 7.89. The van der Waals surface area contributed by atoms with Gasteiger partial charge in [-0.1, -0.05) is 29.3 Å². The van der Waals surface area contributed by atoms with E-state index in [1.807, 2.05) is 41.1 Å². The van der Waals surface area contributed by atoms with Gasteiger partial charge in [0.15, 0.2) is 0 Å². The smallest absolute Gasteiger partial charge is 0.216 e. The Kier molecular flexibility index (Phi) is 8.42. The van der Waals surface area contributed by atoms with Crippen molar-refractivity contribution in [3.8, 4) is 5.75 Å². The number of piperazine rings is 1. The summed E-state index contributed by atoms with van der Waals surface area (Å²) in [7, 11) is -3.23. The van der Waals surface area contributed by atoms with Crippen LogP contribution in [-0.2, 0) is 31.8 Å². The first-order chi connectivity index (χ1) is 18.7. The molecule has 0 N–H and O–H groups in total. The highest BCUT2D eigenvalue weighted by Gasteiger charge is 2.45. The molecule has 0 spiro atoms. The number of halogens is 2. The number of benzene rings is 2. The van der Waals surface area contributed by atoms with Crippen LogP contribution in [0.5, 0.6) is 5.75 Å². The summed E-state index contributed by atoms with van der Waals surface area (Å²) in [5.74, 6) is -0.397. The minimum absolute atomic E-state index is 0.294. The van der Waals surface area contributed by atoms with Gasteiger partial charge < -0.3 is 23.7 Å². The molecule has 0 aliphatic carbocycles. The highest BCUT2D eigenvalue weighted by Crippen LogP contribution is 2.40. The molecule has 0 radical (unpaired) electrons. The van der Waals surface area contributed by atoms with Crippen LogP contribution >= 0.6 is 23.2 Å². The fourth-order valence-corrected chi connectivity index (χ4v) is 6.64. The predicted octanol–water partition coefficient (Wildman–Crippen LogP) is 4.40. The molecule has 1 aromatic heterocycles. The van der Waals surface area contributed by atoms with Crippen LogP contribution in [0.2, 0.25) is 10.0 Å². The maximum absolute atomic E-state index is 12.4. The molecule has 0 saturated carbocycles. The second kappa shape index (κ2) is 11.6. The molecular weight excluding hydrogens is 563 g/mol. The Bertz CT molecular complexity index is 1360. The number of hydrogen-bond donors (Lipinski definition) is 0. The quantitative estimate of drug-likeness (QED) is 0.363. The van der Waals surface area contributed by atoms with E-state index in [1.165, 1.54) is 0 Å². The van der Waals surface area contributed by atoms with Crippen molar-refractivity contribution in [2.45, 2.75) is 37.5 Å². The van der Waals surface area contributed by atoms with Crippen LogP contribution in [0.25, 0.3) is 0 Å². The van der Waals surface area contributed by atoms with Gasteiger partial charge in [0, 0.05) is 54.8 Å². The van der Waals surface area contributed by atoms with Gasteiger partial charge in [-0.15, -0.1) is 0 Å². The van der Waals surface area contributed by atoms with Crippen LogP contribution in [0.4, 0.5) is 5.69 Å². The van der Waals surface area contributed by atoms with E-state index in [2.05, 4.69) is 9.88 Å². The Morgan fingerprint density at radius 2 is 1.85 bits per heavy atom. The zero-order valence-electron chi connectivity index (χ0n) is 21.9. The van der Waals surface area contributed by atoms with Gasteiger partial charge in [-0.25, -0.2) is 13.4 Å². The second-order valence-electron chi connectivity index (χ2n) is 9.95. The lowest BCUT2D eigenvalue weighted by Crippen LogP contribution is -2.50. The van der Waals surface area contributed by atoms with Crippen molar-refractivity contribution in [1.29, 1.82) is 0 Å². The van der Waals surface area contributed by atoms with Crippen molar-refractivity contribution in [3.05, 3.63) is 76.8 Å². The molecule has 3 heterocycles. The Hall–Kier alpha value is -2.34. The van der Waals surface area contributed by atoms with Gasteiger partial charge in [0.05, 0.1) is 29.8 Å². The third kappa shape index (κ3) is 6.21. The van der Waals surface area contributed by atoms with Gasteiger partial charge in [0.1, 0.15) is 18.5 Å². The Balaban J connectivity index is 1.19. The molecule has 2 atom stereocenters. The molecular formula is C27H32Cl2N4O5S. The lowest BCUT2D eigenvalue weighted by molar-refractivity contribution is -0.189. The number of imidazole rings is 1. The lowest BCUT2D eigenvalue weighted by atomic mass is 10.1. The van der Waals surface area contributed by atoms with Crippen molar-refractivity contribution in [2.24, 2.45) is 0 Å². The first-order valence-electron chi connectivity index (χ1n) is 12.9. The topological polar surface area (TPSA) is 86.1 Å². The molecule has 39 heavy (non-hydrogen) atoms. The van der Waals surface area contributed by atoms with Gasteiger partial charge in [-0.05, 0) is 50.2 Å². The summed E-state index contributed by atoms with van der Waals surface area (Å²) in [5, 5.41) is 0.585. The zero-order chi connectivity index (χ0) is 27.6. The van der Waals surface area contributed by atoms with E-state index in [-0.39, 0.29) is 6.10 Å². The molecule has 2 saturated heterocycles. The van der Waals surface area contributed by atoms with E-state index in [4.69, 9.17) is 37.4 Å². The SMILES string of the molecule is CC(C)S(=O)(=O)N1CCN(c2ccc(OC[C@@H]3CO[C@](Cn4ccnc4)(c4ccc(Cl)cc4Cl)O3)cc2)CC1. The molecule has 9 nitrogen and oxygen atoms in total. The third-order valence-corrected chi connectivity index (χ3v) is 9.81. The summed E-state index contributed by atoms with van der Waals surface area (Å²) in [4.78, 5) is 6.31. The minimum Gasteiger partial charge on any atom is -0.491 e. The van der Waals surface area contributed by atoms with E-state index >= 15 is 0 Å². The maximum atomic E-state index is 12.4. The van der Waals surface area contributed by atoms with E-state index < -0.39 is 21.1 Å². The number of ether oxygens (including phenoxy) is 3. The summed E-state index contributed by atoms with van der Waals surface area (Å²) in [6.45, 7) is 6.68. The molecule has 2 aliphatic rings. The molecule has 0 unspecified atom stereocenters. The third-order valence-electron chi connectivity index (χ3n) is 6.98. The number of hydrogen-bond acceptors (Lipinski definition) is 7. The minimum atomic E-state index is -3.23. The molecule has 2 aliphatic heterocycles. The molecule has 5 rings (SSSR count). The van der Waals surface area contributed by atoms with E-state index in [1.54, 1.807) is 42.8 Å². The molecule has 3 aromatic rings. The molecule has 2 fully saturated rings. The van der Waals surface area contributed by atoms with Crippen molar-refractivity contribution < 1.29 is 22.6 Å². The number of anilines is 1. The Labute approximate surface area is 239 Å². The molecule has 0 amide bonds. The lowest BCUT2D eigenvalue weighted by Gasteiger charge is -2.36. The van der Waals surface area contributed by atoms with Gasteiger partial charge in [-0.2, -0.15) is 4.31 Å². The van der Waals surface area contributed by atoms with E-state index in [0.29, 0.717) is 67.3 Å². The van der Waals surface area contributed by atoms with E-state index in [0.717, 1.165) is 5.69 Å². The fourth-order valence-electron chi connectivity index (χ4n) is 4.82. The zero-order valence-corrected chi connectivity index (χ0v) is 24.2. The van der Waals surface area contributed by atoms with Gasteiger partial charge in [0.25, 0.3) is 0 Å². The largest absolute Gasteiger partial charge is 0.491 e. The highest BCUT2D eigenvalue weighted by atomic mass is 35.5. The number of nitrogens with zero attached hydrogens (tertiary/aromatic N) is 4. The maximum Gasteiger partial charge on any atom is 0.216 e. The first-order valence-corrected chi connectivity index (χ1v) is 15.1. The summed E-state index contributed by atoms with van der Waals surface area (Å²) in [6.07, 6.45) is 4.92. The van der Waals surface area contributed by atoms with Crippen molar-refractivity contribution in [3.63, 3.8) is 0 Å². The molecule has 12 heteroatoms. The monoisotopic (exact) mass is 594 g/mol. The molecule has 2 aromatic carbocycles. The summed E-state index contributed by atoms with van der Waals surface area (Å²) >= 11 is 12.7. The van der Waals surface area contributed by atoms with Crippen LogP contribution in [0.15, 0.2) is 61.2 Å². The fraction of sp³-hybridized carbons (Fsp3) is 0.444.